The van der Waals surface area contributed by atoms with E-state index in [2.05, 4.69) is 0 Å². The molecule has 0 aromatic heterocycles. The second-order valence-corrected chi connectivity index (χ2v) is 41.9. The van der Waals surface area contributed by atoms with E-state index in [1.165, 1.54) is 0 Å². The quantitative estimate of drug-likeness (QED) is 0.178. The van der Waals surface area contributed by atoms with Crippen molar-refractivity contribution in [3.63, 3.8) is 0 Å². The summed E-state index contributed by atoms with van der Waals surface area (Å²) in [6.07, 6.45) is -20.7. The van der Waals surface area contributed by atoms with Crippen molar-refractivity contribution in [3.8, 4) is 0 Å². The summed E-state index contributed by atoms with van der Waals surface area (Å²) in [6, 6.07) is 2.29. The Morgan fingerprint density at radius 3 is 0.900 bits per heavy atom. The van der Waals surface area contributed by atoms with Crippen molar-refractivity contribution in [2.75, 3.05) is 0 Å². The van der Waals surface area contributed by atoms with Crippen molar-refractivity contribution >= 4 is 18.5 Å². The fourth-order valence-corrected chi connectivity index (χ4v) is 108. The molecule has 10 aliphatic rings. The van der Waals surface area contributed by atoms with Crippen molar-refractivity contribution < 1.29 is 59.2 Å². The third-order valence-corrected chi connectivity index (χ3v) is 67.9. The number of benzene rings is 2. The van der Waals surface area contributed by atoms with Crippen LogP contribution in [0, 0.1) is 0 Å². The van der Waals surface area contributed by atoms with Crippen LogP contribution in [-0.2, 0) is 31.2 Å². The van der Waals surface area contributed by atoms with Gasteiger partial charge >= 0.3 is 208 Å². The first kappa shape index (κ1) is 22.1. The van der Waals surface area contributed by atoms with E-state index in [4.69, 9.17) is 0 Å². The van der Waals surface area contributed by atoms with Gasteiger partial charge in [0, 0.05) is 0 Å². The average molecular weight is 642 g/mol. The summed E-state index contributed by atoms with van der Waals surface area (Å²) in [6.45, 7) is -4.53. The second kappa shape index (κ2) is 3.08. The molecule has 0 aliphatic carbocycles. The first-order valence-corrected chi connectivity index (χ1v) is 20.3. The van der Waals surface area contributed by atoms with Crippen LogP contribution in [-0.4, -0.2) is 4.05 Å². The molecule has 10 fully saturated rings. The minimum absolute atomic E-state index is 0.0249. The third kappa shape index (κ3) is 0.617. The fourth-order valence-electron chi connectivity index (χ4n) is 19.3. The van der Waals surface area contributed by atoms with Crippen molar-refractivity contribution in [1.82, 2.24) is 0 Å². The van der Waals surface area contributed by atoms with Crippen molar-refractivity contribution in [1.29, 1.82) is 0 Å². The molecule has 40 heavy (non-hydrogen) atoms. The standard InChI is InChI=1S/C21H10F12P.C5H5.Fe/c22-18(23,24)11-5-12(19(25,26)27)8-16(7-11)34(15-3-1-2-4-15)17-9-13(20(28,29)30)6-14(10-17)21(31,32)33;1-2-4-5-3-1;/h1-10H;1-5H;. The van der Waals surface area contributed by atoms with Crippen molar-refractivity contribution in [2.45, 2.75) is 72.1 Å². The summed E-state index contributed by atoms with van der Waals surface area (Å²) in [5.41, 5.74) is -6.34. The number of rotatable bonds is 3. The Kier molecular flexibility index (Phi) is 1.71. The van der Waals surface area contributed by atoms with Gasteiger partial charge in [0.05, 0.1) is 0 Å². The maximum absolute atomic E-state index is 13.9. The summed E-state index contributed by atoms with van der Waals surface area (Å²) in [7, 11) is -2.32. The van der Waals surface area contributed by atoms with E-state index in [9.17, 15) is 52.7 Å². The molecule has 0 amide bonds. The van der Waals surface area contributed by atoms with Gasteiger partial charge in [0.1, 0.15) is 0 Å². The predicted molar refractivity (Wildman–Crippen MR) is 116 cm³/mol. The average Bonchev–Trinajstić information content (AvgIpc) is 3.75. The zero-order valence-corrected chi connectivity index (χ0v) is 21.5. The van der Waals surface area contributed by atoms with Gasteiger partial charge in [0.15, 0.2) is 0 Å². The van der Waals surface area contributed by atoms with Gasteiger partial charge in [0.25, 0.3) is 0 Å². The van der Waals surface area contributed by atoms with Crippen LogP contribution in [0.5, 0.6) is 0 Å². The Balaban J connectivity index is 1.17. The van der Waals surface area contributed by atoms with Gasteiger partial charge in [-0.15, -0.1) is 0 Å². The van der Waals surface area contributed by atoms with Gasteiger partial charge in [-0.25, -0.2) is 0 Å². The van der Waals surface area contributed by atoms with E-state index < -0.39 is 65.4 Å². The first-order valence-electron chi connectivity index (χ1n) is 12.7. The molecular formula is C26H15F12FeP. The Hall–Kier alpha value is -1.45. The molecule has 10 aliphatic heterocycles. The molecule has 10 heterocycles. The summed E-state index contributed by atoms with van der Waals surface area (Å²) in [5, 5.41) is -0.754. The molecular weight excluding hydrogens is 627 g/mol. The van der Waals surface area contributed by atoms with Gasteiger partial charge in [-0.05, 0) is 0 Å². The molecule has 0 radical (unpaired) electrons. The number of fused-ring (bicyclic) bond motifs is 10. The molecule has 4 unspecified atom stereocenters. The summed E-state index contributed by atoms with van der Waals surface area (Å²) in [5.74, 6) is 0. The van der Waals surface area contributed by atoms with E-state index in [1.807, 2.05) is 0 Å². The SMILES string of the molecule is FC(F)(F)c1cc(P(c2cc(C(F)(F)F)cc(C(F)(F)F)c2)[C]23[CH]4[CH]5[CH]6[CH]2[Fe]56432789[CH]3[CH]2[CH]7[CH]8[CH]39)cc(C(F)(F)F)c1. The number of hydrogen-bond donors (Lipinski definition) is 0. The summed E-state index contributed by atoms with van der Waals surface area (Å²) in [4.78, 5) is 3.77. The van der Waals surface area contributed by atoms with E-state index >= 15 is 0 Å². The minimum atomic E-state index is -5.18. The Morgan fingerprint density at radius 2 is 0.725 bits per heavy atom. The third-order valence-electron chi connectivity index (χ3n) is 18.6. The fraction of sp³-hybridized carbons (Fsp3) is 0.538. The van der Waals surface area contributed by atoms with Crippen LogP contribution < -0.4 is 10.6 Å². The van der Waals surface area contributed by atoms with Gasteiger partial charge in [-0.1, -0.05) is 0 Å². The van der Waals surface area contributed by atoms with Crippen LogP contribution in [0.1, 0.15) is 22.3 Å². The Morgan fingerprint density at radius 1 is 0.450 bits per heavy atom. The number of alkyl halides is 12. The second-order valence-electron chi connectivity index (χ2n) is 15.5. The van der Waals surface area contributed by atoms with Crippen LogP contribution >= 0.6 is 7.92 Å². The van der Waals surface area contributed by atoms with Gasteiger partial charge < -0.3 is 0 Å². The molecule has 216 valence electrons. The van der Waals surface area contributed by atoms with Crippen molar-refractivity contribution in [3.05, 3.63) is 58.7 Å². The maximum atomic E-state index is 13.9. The summed E-state index contributed by atoms with van der Waals surface area (Å²) >= 11 is 0. The number of hydrogen-bond acceptors (Lipinski definition) is 0. The van der Waals surface area contributed by atoms with E-state index in [0.29, 0.717) is 58.0 Å². The molecule has 0 N–H and O–H groups in total. The van der Waals surface area contributed by atoms with E-state index in [0.717, 1.165) is 0 Å². The zero-order chi connectivity index (χ0) is 28.3. The molecule has 14 heteroatoms. The molecule has 0 bridgehead atoms. The van der Waals surface area contributed by atoms with E-state index in [1.54, 1.807) is 0 Å². The van der Waals surface area contributed by atoms with Crippen LogP contribution in [0.3, 0.4) is 0 Å². The van der Waals surface area contributed by atoms with Crippen LogP contribution in [0.4, 0.5) is 52.7 Å². The molecule has 0 saturated carbocycles. The molecule has 1 spiro atoms. The van der Waals surface area contributed by atoms with Crippen LogP contribution in [0.25, 0.3) is 0 Å². The van der Waals surface area contributed by atoms with Gasteiger partial charge in [-0.3, -0.25) is 0 Å². The summed E-state index contributed by atoms with van der Waals surface area (Å²) < 4.78 is 166. The predicted octanol–water partition coefficient (Wildman–Crippen LogP) is 9.49. The Labute approximate surface area is 208 Å². The van der Waals surface area contributed by atoms with Gasteiger partial charge in [-0.2, -0.15) is 0 Å². The number of halogens is 12. The van der Waals surface area contributed by atoms with Crippen LogP contribution in [0.15, 0.2) is 36.4 Å². The van der Waals surface area contributed by atoms with Crippen LogP contribution in [0.2, 0.25) is 43.3 Å². The monoisotopic (exact) mass is 642 g/mol. The topological polar surface area (TPSA) is 0 Å². The first-order chi connectivity index (χ1) is 18.1. The molecule has 4 atom stereocenters. The zero-order valence-electron chi connectivity index (χ0n) is 19.5. The van der Waals surface area contributed by atoms with Gasteiger partial charge in [0.2, 0.25) is 0 Å². The molecule has 10 saturated heterocycles. The molecule has 2 aromatic carbocycles. The molecule has 12 rings (SSSR count). The molecule has 2 aromatic rings. The van der Waals surface area contributed by atoms with E-state index in [-0.39, 0.29) is 32.4 Å². The Bertz CT molecular complexity index is 1840. The normalized spacial score (nSPS) is 59.4. The molecule has 0 nitrogen and oxygen atoms in total. The van der Waals surface area contributed by atoms with Crippen molar-refractivity contribution in [2.24, 2.45) is 0 Å².